The molecule has 0 unspecified atom stereocenters. The molecule has 0 atom stereocenters. The van der Waals surface area contributed by atoms with Crippen molar-refractivity contribution in [3.05, 3.63) is 89.8 Å². The van der Waals surface area contributed by atoms with Gasteiger partial charge in [0.2, 0.25) is 5.82 Å². The molecular formula is C25H24N2O5. The van der Waals surface area contributed by atoms with Gasteiger partial charge in [0, 0.05) is 5.56 Å². The standard InChI is InChI=1S/C25H24N2O5/c1-28-21-10-6-9-19(13-21)16-31-22-12-11-20(14-23(22)29-2)25-26-24(32-27-25)17-30-15-18-7-4-3-5-8-18/h3-14H,15-17H2,1-2H3. The Morgan fingerprint density at radius 2 is 1.59 bits per heavy atom. The minimum Gasteiger partial charge on any atom is -0.497 e. The van der Waals surface area contributed by atoms with Crippen LogP contribution >= 0.6 is 0 Å². The van der Waals surface area contributed by atoms with E-state index in [9.17, 15) is 0 Å². The summed E-state index contributed by atoms with van der Waals surface area (Å²) in [5.41, 5.74) is 2.84. The SMILES string of the molecule is COc1cccc(COc2ccc(-c3noc(COCc4ccccc4)n3)cc2OC)c1. The average Bonchev–Trinajstić information content (AvgIpc) is 3.32. The Morgan fingerprint density at radius 3 is 2.41 bits per heavy atom. The van der Waals surface area contributed by atoms with Crippen LogP contribution in [-0.2, 0) is 24.6 Å². The molecule has 0 fully saturated rings. The van der Waals surface area contributed by atoms with Gasteiger partial charge in [-0.25, -0.2) is 0 Å². The summed E-state index contributed by atoms with van der Waals surface area (Å²) in [6.07, 6.45) is 0. The molecule has 7 nitrogen and oxygen atoms in total. The van der Waals surface area contributed by atoms with Gasteiger partial charge in [-0.2, -0.15) is 4.98 Å². The fourth-order valence-corrected chi connectivity index (χ4v) is 3.11. The molecule has 32 heavy (non-hydrogen) atoms. The lowest BCUT2D eigenvalue weighted by atomic mass is 10.2. The first kappa shape index (κ1) is 21.4. The Balaban J connectivity index is 1.39. The first-order chi connectivity index (χ1) is 15.7. The van der Waals surface area contributed by atoms with E-state index in [1.165, 1.54) is 0 Å². The number of rotatable bonds is 10. The largest absolute Gasteiger partial charge is 0.497 e. The second-order valence-corrected chi connectivity index (χ2v) is 7.00. The van der Waals surface area contributed by atoms with E-state index in [4.69, 9.17) is 23.5 Å². The van der Waals surface area contributed by atoms with Crippen LogP contribution in [0.2, 0.25) is 0 Å². The Bertz CT molecular complexity index is 1140. The molecule has 0 saturated carbocycles. The number of benzene rings is 3. The molecule has 0 aliphatic heterocycles. The molecule has 1 heterocycles. The quantitative estimate of drug-likeness (QED) is 0.347. The lowest BCUT2D eigenvalue weighted by Crippen LogP contribution is -1.98. The van der Waals surface area contributed by atoms with E-state index in [0.29, 0.717) is 36.4 Å². The van der Waals surface area contributed by atoms with Crippen molar-refractivity contribution in [2.24, 2.45) is 0 Å². The van der Waals surface area contributed by atoms with Gasteiger partial charge in [-0.1, -0.05) is 47.6 Å². The zero-order valence-corrected chi connectivity index (χ0v) is 18.0. The van der Waals surface area contributed by atoms with E-state index in [2.05, 4.69) is 10.1 Å². The van der Waals surface area contributed by atoms with Gasteiger partial charge >= 0.3 is 0 Å². The zero-order valence-electron chi connectivity index (χ0n) is 18.0. The highest BCUT2D eigenvalue weighted by molar-refractivity contribution is 5.60. The van der Waals surface area contributed by atoms with Crippen LogP contribution in [0.15, 0.2) is 77.3 Å². The van der Waals surface area contributed by atoms with Gasteiger partial charge in [-0.15, -0.1) is 0 Å². The van der Waals surface area contributed by atoms with Crippen molar-refractivity contribution in [1.82, 2.24) is 10.1 Å². The summed E-state index contributed by atoms with van der Waals surface area (Å²) in [5, 5.41) is 4.05. The van der Waals surface area contributed by atoms with Crippen molar-refractivity contribution < 1.29 is 23.5 Å². The Morgan fingerprint density at radius 1 is 0.750 bits per heavy atom. The predicted molar refractivity (Wildman–Crippen MR) is 119 cm³/mol. The molecule has 0 spiro atoms. The van der Waals surface area contributed by atoms with Crippen LogP contribution in [0.4, 0.5) is 0 Å². The number of hydrogen-bond acceptors (Lipinski definition) is 7. The van der Waals surface area contributed by atoms with E-state index in [0.717, 1.165) is 22.4 Å². The van der Waals surface area contributed by atoms with Crippen molar-refractivity contribution in [3.8, 4) is 28.6 Å². The van der Waals surface area contributed by atoms with Gasteiger partial charge in [0.15, 0.2) is 11.5 Å². The highest BCUT2D eigenvalue weighted by Crippen LogP contribution is 2.32. The molecule has 0 saturated heterocycles. The smallest absolute Gasteiger partial charge is 0.252 e. The number of ether oxygens (including phenoxy) is 4. The second-order valence-electron chi connectivity index (χ2n) is 7.00. The Kier molecular flexibility index (Phi) is 6.99. The third kappa shape index (κ3) is 5.44. The van der Waals surface area contributed by atoms with Crippen LogP contribution in [0, 0.1) is 0 Å². The molecule has 0 bridgehead atoms. The second kappa shape index (κ2) is 10.5. The lowest BCUT2D eigenvalue weighted by Gasteiger charge is -2.12. The monoisotopic (exact) mass is 432 g/mol. The summed E-state index contributed by atoms with van der Waals surface area (Å²) in [6, 6.07) is 23.2. The predicted octanol–water partition coefficient (Wildman–Crippen LogP) is 5.05. The van der Waals surface area contributed by atoms with Crippen LogP contribution in [0.25, 0.3) is 11.4 Å². The van der Waals surface area contributed by atoms with Crippen molar-refractivity contribution in [1.29, 1.82) is 0 Å². The molecule has 164 valence electrons. The highest BCUT2D eigenvalue weighted by Gasteiger charge is 2.13. The van der Waals surface area contributed by atoms with E-state index in [-0.39, 0.29) is 6.61 Å². The molecule has 4 rings (SSSR count). The number of hydrogen-bond donors (Lipinski definition) is 0. The van der Waals surface area contributed by atoms with Crippen molar-refractivity contribution >= 4 is 0 Å². The van der Waals surface area contributed by atoms with Gasteiger partial charge in [0.05, 0.1) is 20.8 Å². The van der Waals surface area contributed by atoms with Crippen molar-refractivity contribution in [2.45, 2.75) is 19.8 Å². The Hall–Kier alpha value is -3.84. The molecular weight excluding hydrogens is 408 g/mol. The lowest BCUT2D eigenvalue weighted by molar-refractivity contribution is 0.0850. The molecule has 0 N–H and O–H groups in total. The first-order valence-corrected chi connectivity index (χ1v) is 10.1. The van der Waals surface area contributed by atoms with Gasteiger partial charge in [0.1, 0.15) is 19.0 Å². The summed E-state index contributed by atoms with van der Waals surface area (Å²) in [6.45, 7) is 1.10. The van der Waals surface area contributed by atoms with Gasteiger partial charge in [0.25, 0.3) is 5.89 Å². The normalized spacial score (nSPS) is 10.7. The molecule has 0 amide bonds. The minimum absolute atomic E-state index is 0.237. The average molecular weight is 432 g/mol. The maximum Gasteiger partial charge on any atom is 0.252 e. The summed E-state index contributed by atoms with van der Waals surface area (Å²) in [5.74, 6) is 2.86. The zero-order chi connectivity index (χ0) is 22.2. The number of nitrogens with zero attached hydrogens (tertiary/aromatic N) is 2. The highest BCUT2D eigenvalue weighted by atomic mass is 16.5. The Labute approximate surface area is 186 Å². The van der Waals surface area contributed by atoms with Crippen molar-refractivity contribution in [2.75, 3.05) is 14.2 Å². The van der Waals surface area contributed by atoms with Crippen LogP contribution in [0.1, 0.15) is 17.0 Å². The van der Waals surface area contributed by atoms with E-state index in [1.807, 2.05) is 72.8 Å². The summed E-state index contributed by atoms with van der Waals surface area (Å²) in [4.78, 5) is 4.42. The fourth-order valence-electron chi connectivity index (χ4n) is 3.11. The maximum atomic E-state index is 5.94. The van der Waals surface area contributed by atoms with Crippen LogP contribution in [0.5, 0.6) is 17.2 Å². The molecule has 4 aromatic rings. The fraction of sp³-hybridized carbons (Fsp3) is 0.200. The molecule has 7 heteroatoms. The van der Waals surface area contributed by atoms with Crippen LogP contribution in [0.3, 0.4) is 0 Å². The van der Waals surface area contributed by atoms with Crippen LogP contribution in [-0.4, -0.2) is 24.4 Å². The topological polar surface area (TPSA) is 75.8 Å². The van der Waals surface area contributed by atoms with E-state index < -0.39 is 0 Å². The first-order valence-electron chi connectivity index (χ1n) is 10.1. The third-order valence-corrected chi connectivity index (χ3v) is 4.76. The van der Waals surface area contributed by atoms with Gasteiger partial charge in [-0.05, 0) is 41.5 Å². The molecule has 1 aromatic heterocycles. The molecule has 3 aromatic carbocycles. The molecule has 0 aliphatic rings. The van der Waals surface area contributed by atoms with Crippen molar-refractivity contribution in [3.63, 3.8) is 0 Å². The van der Waals surface area contributed by atoms with Crippen LogP contribution < -0.4 is 14.2 Å². The van der Waals surface area contributed by atoms with Gasteiger partial charge in [-0.3, -0.25) is 0 Å². The third-order valence-electron chi connectivity index (χ3n) is 4.76. The summed E-state index contributed by atoms with van der Waals surface area (Å²) < 4.78 is 27.7. The summed E-state index contributed by atoms with van der Waals surface area (Å²) >= 11 is 0. The maximum absolute atomic E-state index is 5.94. The molecule has 0 aliphatic carbocycles. The minimum atomic E-state index is 0.237. The molecule has 0 radical (unpaired) electrons. The summed E-state index contributed by atoms with van der Waals surface area (Å²) in [7, 11) is 3.23. The number of methoxy groups -OCH3 is 2. The van der Waals surface area contributed by atoms with E-state index in [1.54, 1.807) is 14.2 Å². The van der Waals surface area contributed by atoms with Gasteiger partial charge < -0.3 is 23.5 Å². The number of aromatic nitrogens is 2. The van der Waals surface area contributed by atoms with E-state index >= 15 is 0 Å².